The fraction of sp³-hybridized carbons (Fsp3) is 0.174. The Balaban J connectivity index is 1.91. The van der Waals surface area contributed by atoms with Gasteiger partial charge in [-0.05, 0) is 61.4 Å². The van der Waals surface area contributed by atoms with E-state index >= 15 is 0 Å². The molecule has 3 rings (SSSR count). The van der Waals surface area contributed by atoms with E-state index in [1.165, 1.54) is 18.2 Å². The number of aryl methyl sites for hydroxylation is 2. The number of hydrogen-bond donors (Lipinski definition) is 1. The van der Waals surface area contributed by atoms with E-state index in [0.717, 1.165) is 9.87 Å². The zero-order valence-corrected chi connectivity index (χ0v) is 20.5. The van der Waals surface area contributed by atoms with Gasteiger partial charge in [0.25, 0.3) is 10.0 Å². The molecule has 3 aromatic carbocycles. The molecule has 9 heteroatoms. The molecule has 0 aliphatic heterocycles. The second kappa shape index (κ2) is 10.1. The van der Waals surface area contributed by atoms with E-state index in [0.29, 0.717) is 31.9 Å². The van der Waals surface area contributed by atoms with Crippen molar-refractivity contribution in [3.05, 3.63) is 92.4 Å². The Bertz CT molecular complexity index is 1250. The van der Waals surface area contributed by atoms with Crippen molar-refractivity contribution in [3.8, 4) is 0 Å². The molecule has 3 aromatic rings. The summed E-state index contributed by atoms with van der Waals surface area (Å²) in [4.78, 5) is 12.9. The van der Waals surface area contributed by atoms with E-state index in [2.05, 4.69) is 5.32 Å². The molecule has 0 saturated carbocycles. The van der Waals surface area contributed by atoms with Gasteiger partial charge < -0.3 is 5.32 Å². The number of carbonyl (C=O) groups excluding carboxylic acids is 1. The molecule has 1 amide bonds. The summed E-state index contributed by atoms with van der Waals surface area (Å²) in [5, 5.41) is 3.98. The fourth-order valence-corrected chi connectivity index (χ4v) is 5.15. The van der Waals surface area contributed by atoms with Gasteiger partial charge >= 0.3 is 0 Å². The van der Waals surface area contributed by atoms with Crippen LogP contribution in [0.25, 0.3) is 0 Å². The van der Waals surface area contributed by atoms with Crippen LogP contribution < -0.4 is 9.62 Å². The van der Waals surface area contributed by atoms with Gasteiger partial charge in [0.1, 0.15) is 6.54 Å². The summed E-state index contributed by atoms with van der Waals surface area (Å²) in [7, 11) is -4.03. The normalized spacial score (nSPS) is 11.3. The van der Waals surface area contributed by atoms with Crippen molar-refractivity contribution < 1.29 is 13.2 Å². The van der Waals surface area contributed by atoms with Crippen LogP contribution in [0.4, 0.5) is 5.69 Å². The Kier molecular flexibility index (Phi) is 7.72. The van der Waals surface area contributed by atoms with Crippen molar-refractivity contribution in [2.45, 2.75) is 25.3 Å². The third-order valence-electron chi connectivity index (χ3n) is 4.83. The SMILES string of the molecule is Cc1ccc(S(=O)(=O)N(CC(=O)NCc2ccc(Cl)cc2Cl)c2cc(Cl)ccc2C)cc1. The molecule has 0 bridgehead atoms. The smallest absolute Gasteiger partial charge is 0.264 e. The van der Waals surface area contributed by atoms with Crippen molar-refractivity contribution >= 4 is 56.4 Å². The molecular formula is C23H21Cl3N2O3S. The first kappa shape index (κ1) is 24.4. The number of hydrogen-bond acceptors (Lipinski definition) is 3. The van der Waals surface area contributed by atoms with Crippen LogP contribution in [0.15, 0.2) is 65.6 Å². The number of nitrogens with one attached hydrogen (secondary N) is 1. The third-order valence-corrected chi connectivity index (χ3v) is 7.42. The zero-order valence-electron chi connectivity index (χ0n) is 17.4. The van der Waals surface area contributed by atoms with Gasteiger partial charge in [0.2, 0.25) is 5.91 Å². The quantitative estimate of drug-likeness (QED) is 0.437. The van der Waals surface area contributed by atoms with Gasteiger partial charge in [-0.15, -0.1) is 0 Å². The highest BCUT2D eigenvalue weighted by Gasteiger charge is 2.28. The molecule has 0 fully saturated rings. The van der Waals surface area contributed by atoms with Crippen LogP contribution in [-0.4, -0.2) is 20.9 Å². The number of nitrogens with zero attached hydrogens (tertiary/aromatic N) is 1. The number of anilines is 1. The second-order valence-electron chi connectivity index (χ2n) is 7.27. The zero-order chi connectivity index (χ0) is 23.5. The lowest BCUT2D eigenvalue weighted by atomic mass is 10.2. The Morgan fingerprint density at radius 1 is 0.906 bits per heavy atom. The van der Waals surface area contributed by atoms with E-state index < -0.39 is 22.5 Å². The molecule has 5 nitrogen and oxygen atoms in total. The van der Waals surface area contributed by atoms with Gasteiger partial charge in [0.05, 0.1) is 10.6 Å². The van der Waals surface area contributed by atoms with Crippen LogP contribution in [0, 0.1) is 13.8 Å². The Morgan fingerprint density at radius 3 is 2.19 bits per heavy atom. The minimum atomic E-state index is -4.03. The van der Waals surface area contributed by atoms with Crippen LogP contribution in [0.3, 0.4) is 0 Å². The molecule has 0 heterocycles. The summed E-state index contributed by atoms with van der Waals surface area (Å²) in [6.45, 7) is 3.32. The highest BCUT2D eigenvalue weighted by molar-refractivity contribution is 7.92. The van der Waals surface area contributed by atoms with Gasteiger partial charge in [-0.1, -0.05) is 64.6 Å². The summed E-state index contributed by atoms with van der Waals surface area (Å²) < 4.78 is 28.0. The van der Waals surface area contributed by atoms with Crippen LogP contribution in [0.2, 0.25) is 15.1 Å². The van der Waals surface area contributed by atoms with Gasteiger partial charge in [-0.2, -0.15) is 0 Å². The predicted molar refractivity (Wildman–Crippen MR) is 130 cm³/mol. The lowest BCUT2D eigenvalue weighted by Crippen LogP contribution is -2.41. The van der Waals surface area contributed by atoms with Crippen LogP contribution in [0.1, 0.15) is 16.7 Å². The molecule has 0 unspecified atom stereocenters. The summed E-state index contributed by atoms with van der Waals surface area (Å²) in [5.74, 6) is -0.494. The maximum atomic E-state index is 13.5. The molecular weight excluding hydrogens is 491 g/mol. The largest absolute Gasteiger partial charge is 0.350 e. The summed E-state index contributed by atoms with van der Waals surface area (Å²) in [5.41, 5.74) is 2.58. The number of amides is 1. The fourth-order valence-electron chi connectivity index (χ4n) is 3.03. The lowest BCUT2D eigenvalue weighted by molar-refractivity contribution is -0.119. The average molecular weight is 512 g/mol. The number of carbonyl (C=O) groups is 1. The van der Waals surface area contributed by atoms with Crippen molar-refractivity contribution in [2.75, 3.05) is 10.8 Å². The minimum absolute atomic E-state index is 0.0796. The second-order valence-corrected chi connectivity index (χ2v) is 10.4. The number of benzene rings is 3. The molecule has 0 aromatic heterocycles. The van der Waals surface area contributed by atoms with E-state index in [1.807, 2.05) is 6.92 Å². The molecule has 0 saturated heterocycles. The highest BCUT2D eigenvalue weighted by atomic mass is 35.5. The van der Waals surface area contributed by atoms with E-state index in [9.17, 15) is 13.2 Å². The van der Waals surface area contributed by atoms with Crippen molar-refractivity contribution in [2.24, 2.45) is 0 Å². The molecule has 0 aliphatic rings. The van der Waals surface area contributed by atoms with Gasteiger partial charge in [0, 0.05) is 21.6 Å². The van der Waals surface area contributed by atoms with Gasteiger partial charge in [0.15, 0.2) is 0 Å². The maximum absolute atomic E-state index is 13.5. The number of rotatable bonds is 7. The Morgan fingerprint density at radius 2 is 1.53 bits per heavy atom. The van der Waals surface area contributed by atoms with Gasteiger partial charge in [-0.3, -0.25) is 9.10 Å². The van der Waals surface area contributed by atoms with Crippen molar-refractivity contribution in [1.29, 1.82) is 0 Å². The molecule has 32 heavy (non-hydrogen) atoms. The monoisotopic (exact) mass is 510 g/mol. The molecule has 1 N–H and O–H groups in total. The van der Waals surface area contributed by atoms with E-state index in [4.69, 9.17) is 34.8 Å². The maximum Gasteiger partial charge on any atom is 0.264 e. The van der Waals surface area contributed by atoms with E-state index in [-0.39, 0.29) is 11.4 Å². The Labute approximate surface area is 203 Å². The van der Waals surface area contributed by atoms with Gasteiger partial charge in [-0.25, -0.2) is 8.42 Å². The third kappa shape index (κ3) is 5.75. The Hall–Kier alpha value is -2.25. The minimum Gasteiger partial charge on any atom is -0.350 e. The number of halogens is 3. The predicted octanol–water partition coefficient (Wildman–Crippen LogP) is 5.78. The first-order valence-electron chi connectivity index (χ1n) is 9.64. The first-order chi connectivity index (χ1) is 15.1. The topological polar surface area (TPSA) is 66.5 Å². The molecule has 0 aliphatic carbocycles. The standard InChI is InChI=1S/C23H21Cl3N2O3S/c1-15-3-9-20(10-4-15)32(30,31)28(22-12-19(25)7-5-16(22)2)14-23(29)27-13-17-6-8-18(24)11-21(17)26/h3-12H,13-14H2,1-2H3,(H,27,29). The van der Waals surface area contributed by atoms with E-state index in [1.54, 1.807) is 49.4 Å². The summed E-state index contributed by atoms with van der Waals surface area (Å²) in [6.07, 6.45) is 0. The molecule has 0 radical (unpaired) electrons. The van der Waals surface area contributed by atoms with Crippen LogP contribution >= 0.6 is 34.8 Å². The average Bonchev–Trinajstić information content (AvgIpc) is 2.73. The van der Waals surface area contributed by atoms with Crippen LogP contribution in [0.5, 0.6) is 0 Å². The first-order valence-corrected chi connectivity index (χ1v) is 12.2. The number of sulfonamides is 1. The summed E-state index contributed by atoms with van der Waals surface area (Å²) in [6, 6.07) is 16.3. The van der Waals surface area contributed by atoms with Crippen molar-refractivity contribution in [3.63, 3.8) is 0 Å². The van der Waals surface area contributed by atoms with Crippen molar-refractivity contribution in [1.82, 2.24) is 5.32 Å². The highest BCUT2D eigenvalue weighted by Crippen LogP contribution is 2.29. The molecule has 0 atom stereocenters. The summed E-state index contributed by atoms with van der Waals surface area (Å²) >= 11 is 18.2. The molecule has 0 spiro atoms. The van der Waals surface area contributed by atoms with Crippen LogP contribution in [-0.2, 0) is 21.4 Å². The lowest BCUT2D eigenvalue weighted by Gasteiger charge is -2.26. The molecule has 168 valence electrons.